The van der Waals surface area contributed by atoms with Gasteiger partial charge in [-0.3, -0.25) is 4.98 Å². The summed E-state index contributed by atoms with van der Waals surface area (Å²) < 4.78 is 1.28. The van der Waals surface area contributed by atoms with Gasteiger partial charge in [-0.15, -0.1) is 0 Å². The molecule has 0 spiro atoms. The molecule has 1 N–H and O–H groups in total. The standard InChI is InChI=1S/C8H7ClN4O/c9-7-6(2-1-3-10-7)4-13-8(14)11-5-12-13/h1-3,5H,4H2,(H,11,12,14). The van der Waals surface area contributed by atoms with Gasteiger partial charge in [0.05, 0.1) is 6.54 Å². The van der Waals surface area contributed by atoms with Crippen LogP contribution in [0.2, 0.25) is 5.15 Å². The molecule has 0 saturated carbocycles. The van der Waals surface area contributed by atoms with Crippen molar-refractivity contribution in [2.75, 3.05) is 0 Å². The highest BCUT2D eigenvalue weighted by Gasteiger charge is 2.03. The minimum Gasteiger partial charge on any atom is -0.295 e. The van der Waals surface area contributed by atoms with E-state index in [1.807, 2.05) is 0 Å². The molecule has 0 saturated heterocycles. The summed E-state index contributed by atoms with van der Waals surface area (Å²) in [6.07, 6.45) is 2.94. The quantitative estimate of drug-likeness (QED) is 0.741. The number of aromatic nitrogens is 4. The Morgan fingerprint density at radius 2 is 2.43 bits per heavy atom. The molecule has 2 aromatic heterocycles. The van der Waals surface area contributed by atoms with Crippen molar-refractivity contribution < 1.29 is 0 Å². The molecule has 14 heavy (non-hydrogen) atoms. The maximum atomic E-state index is 11.1. The number of aromatic amines is 1. The molecule has 2 rings (SSSR count). The monoisotopic (exact) mass is 210 g/mol. The van der Waals surface area contributed by atoms with E-state index in [4.69, 9.17) is 11.6 Å². The molecule has 2 aromatic rings. The first-order valence-corrected chi connectivity index (χ1v) is 4.35. The Hall–Kier alpha value is -1.62. The second-order valence-electron chi connectivity index (χ2n) is 2.71. The van der Waals surface area contributed by atoms with Crippen LogP contribution < -0.4 is 5.69 Å². The number of rotatable bonds is 2. The smallest absolute Gasteiger partial charge is 0.295 e. The van der Waals surface area contributed by atoms with E-state index in [9.17, 15) is 4.79 Å². The average Bonchev–Trinajstić information content (AvgIpc) is 2.56. The number of nitrogens with zero attached hydrogens (tertiary/aromatic N) is 3. The van der Waals surface area contributed by atoms with Crippen molar-refractivity contribution in [3.05, 3.63) is 45.9 Å². The molecule has 0 amide bonds. The molecule has 2 heterocycles. The van der Waals surface area contributed by atoms with E-state index >= 15 is 0 Å². The van der Waals surface area contributed by atoms with E-state index in [1.54, 1.807) is 18.3 Å². The zero-order valence-electron chi connectivity index (χ0n) is 7.14. The van der Waals surface area contributed by atoms with Gasteiger partial charge in [0.1, 0.15) is 11.5 Å². The summed E-state index contributed by atoms with van der Waals surface area (Å²) in [5.74, 6) is 0. The first-order valence-electron chi connectivity index (χ1n) is 3.97. The highest BCUT2D eigenvalue weighted by Crippen LogP contribution is 2.11. The van der Waals surface area contributed by atoms with Crippen LogP contribution in [0.1, 0.15) is 5.56 Å². The Morgan fingerprint density at radius 1 is 1.57 bits per heavy atom. The third-order valence-electron chi connectivity index (χ3n) is 1.78. The van der Waals surface area contributed by atoms with Crippen molar-refractivity contribution in [1.82, 2.24) is 19.7 Å². The lowest BCUT2D eigenvalue weighted by atomic mass is 10.3. The van der Waals surface area contributed by atoms with Crippen LogP contribution in [0.5, 0.6) is 0 Å². The minimum atomic E-state index is -0.259. The fraction of sp³-hybridized carbons (Fsp3) is 0.125. The first kappa shape index (κ1) is 8.96. The van der Waals surface area contributed by atoms with E-state index in [0.717, 1.165) is 5.56 Å². The van der Waals surface area contributed by atoms with Gasteiger partial charge in [-0.2, -0.15) is 5.10 Å². The Kier molecular flexibility index (Phi) is 2.32. The van der Waals surface area contributed by atoms with Gasteiger partial charge >= 0.3 is 5.69 Å². The Labute approximate surface area is 84.4 Å². The molecule has 0 aliphatic rings. The van der Waals surface area contributed by atoms with Crippen molar-refractivity contribution in [2.45, 2.75) is 6.54 Å². The van der Waals surface area contributed by atoms with E-state index in [1.165, 1.54) is 11.0 Å². The third kappa shape index (κ3) is 1.67. The molecule has 0 aliphatic heterocycles. The van der Waals surface area contributed by atoms with Crippen molar-refractivity contribution in [1.29, 1.82) is 0 Å². The lowest BCUT2D eigenvalue weighted by Gasteiger charge is -2.00. The lowest BCUT2D eigenvalue weighted by molar-refractivity contribution is 0.657. The number of hydrogen-bond donors (Lipinski definition) is 1. The summed E-state index contributed by atoms with van der Waals surface area (Å²) in [4.78, 5) is 17.5. The van der Waals surface area contributed by atoms with E-state index in [0.29, 0.717) is 11.7 Å². The van der Waals surface area contributed by atoms with Crippen molar-refractivity contribution in [2.24, 2.45) is 0 Å². The SMILES string of the molecule is O=c1[nH]cnn1Cc1cccnc1Cl. The minimum absolute atomic E-state index is 0.259. The summed E-state index contributed by atoms with van der Waals surface area (Å²) in [6.45, 7) is 0.328. The fourth-order valence-corrected chi connectivity index (χ4v) is 1.27. The Bertz CT molecular complexity index is 490. The van der Waals surface area contributed by atoms with Crippen LogP contribution in [0.25, 0.3) is 0 Å². The fourth-order valence-electron chi connectivity index (χ4n) is 1.09. The topological polar surface area (TPSA) is 63.6 Å². The van der Waals surface area contributed by atoms with Crippen LogP contribution in [0.3, 0.4) is 0 Å². The summed E-state index contributed by atoms with van der Waals surface area (Å²) >= 11 is 5.83. The lowest BCUT2D eigenvalue weighted by Crippen LogP contribution is -2.19. The molecule has 6 heteroatoms. The van der Waals surface area contributed by atoms with Crippen LogP contribution >= 0.6 is 11.6 Å². The summed E-state index contributed by atoms with van der Waals surface area (Å²) in [6, 6.07) is 3.56. The molecule has 5 nitrogen and oxygen atoms in total. The molecule has 0 fully saturated rings. The maximum absolute atomic E-state index is 11.1. The van der Waals surface area contributed by atoms with E-state index in [2.05, 4.69) is 15.1 Å². The largest absolute Gasteiger partial charge is 0.343 e. The third-order valence-corrected chi connectivity index (χ3v) is 2.12. The normalized spacial score (nSPS) is 10.4. The molecule has 0 unspecified atom stereocenters. The first-order chi connectivity index (χ1) is 6.77. The van der Waals surface area contributed by atoms with Gasteiger partial charge < -0.3 is 0 Å². The van der Waals surface area contributed by atoms with Crippen LogP contribution in [0.15, 0.2) is 29.5 Å². The van der Waals surface area contributed by atoms with Crippen molar-refractivity contribution >= 4 is 11.6 Å². The number of nitrogens with one attached hydrogen (secondary N) is 1. The zero-order chi connectivity index (χ0) is 9.97. The molecule has 0 aliphatic carbocycles. The molecular formula is C8H7ClN4O. The van der Waals surface area contributed by atoms with Gasteiger partial charge in [-0.1, -0.05) is 17.7 Å². The van der Waals surface area contributed by atoms with Gasteiger partial charge in [0.25, 0.3) is 0 Å². The van der Waals surface area contributed by atoms with Gasteiger partial charge in [0.2, 0.25) is 0 Å². The predicted octanol–water partition coefficient (Wildman–Crippen LogP) is 0.668. The molecule has 0 atom stereocenters. The predicted molar refractivity (Wildman–Crippen MR) is 51.2 cm³/mol. The summed E-state index contributed by atoms with van der Waals surface area (Å²) in [5.41, 5.74) is 0.508. The highest BCUT2D eigenvalue weighted by molar-refractivity contribution is 6.30. The van der Waals surface area contributed by atoms with Gasteiger partial charge in [-0.05, 0) is 6.07 Å². The van der Waals surface area contributed by atoms with Crippen molar-refractivity contribution in [3.8, 4) is 0 Å². The van der Waals surface area contributed by atoms with E-state index < -0.39 is 0 Å². The Morgan fingerprint density at radius 3 is 3.07 bits per heavy atom. The molecule has 0 radical (unpaired) electrons. The second-order valence-corrected chi connectivity index (χ2v) is 3.06. The zero-order valence-corrected chi connectivity index (χ0v) is 7.90. The van der Waals surface area contributed by atoms with E-state index in [-0.39, 0.29) is 5.69 Å². The second kappa shape index (κ2) is 3.63. The molecular weight excluding hydrogens is 204 g/mol. The molecule has 72 valence electrons. The van der Waals surface area contributed by atoms with Gasteiger partial charge in [0.15, 0.2) is 0 Å². The number of H-pyrrole nitrogens is 1. The molecule has 0 bridgehead atoms. The van der Waals surface area contributed by atoms with Crippen LogP contribution in [0, 0.1) is 0 Å². The molecule has 0 aromatic carbocycles. The maximum Gasteiger partial charge on any atom is 0.343 e. The summed E-state index contributed by atoms with van der Waals surface area (Å²) in [5, 5.41) is 4.21. The number of pyridine rings is 1. The highest BCUT2D eigenvalue weighted by atomic mass is 35.5. The van der Waals surface area contributed by atoms with Gasteiger partial charge in [0, 0.05) is 11.8 Å². The number of halogens is 1. The Balaban J connectivity index is 2.32. The van der Waals surface area contributed by atoms with Gasteiger partial charge in [-0.25, -0.2) is 14.5 Å². The summed E-state index contributed by atoms with van der Waals surface area (Å²) in [7, 11) is 0. The number of hydrogen-bond acceptors (Lipinski definition) is 3. The van der Waals surface area contributed by atoms with Crippen molar-refractivity contribution in [3.63, 3.8) is 0 Å². The average molecular weight is 211 g/mol. The van der Waals surface area contributed by atoms with Crippen LogP contribution in [-0.4, -0.2) is 19.7 Å². The van der Waals surface area contributed by atoms with Crippen LogP contribution in [0.4, 0.5) is 0 Å². The van der Waals surface area contributed by atoms with Crippen LogP contribution in [-0.2, 0) is 6.54 Å².